The van der Waals surface area contributed by atoms with Gasteiger partial charge in [-0.1, -0.05) is 6.42 Å². The first-order valence-corrected chi connectivity index (χ1v) is 4.31. The van der Waals surface area contributed by atoms with Crippen molar-refractivity contribution in [2.75, 3.05) is 27.2 Å². The zero-order valence-corrected chi connectivity index (χ0v) is 7.47. The normalized spacial score (nSPS) is 25.9. The van der Waals surface area contributed by atoms with Crippen LogP contribution in [0.2, 0.25) is 0 Å². The van der Waals surface area contributed by atoms with Gasteiger partial charge >= 0.3 is 0 Å². The third-order valence-corrected chi connectivity index (χ3v) is 2.20. The molecule has 0 aromatic carbocycles. The number of piperidine rings is 1. The molecule has 1 saturated heterocycles. The van der Waals surface area contributed by atoms with Crippen LogP contribution in [0, 0.1) is 0 Å². The number of hydrogen-bond donors (Lipinski definition) is 1. The molecule has 0 aliphatic carbocycles. The molecule has 3 heteroatoms. The van der Waals surface area contributed by atoms with Gasteiger partial charge in [-0.15, -0.1) is 0 Å². The van der Waals surface area contributed by atoms with E-state index in [2.05, 4.69) is 5.32 Å². The van der Waals surface area contributed by atoms with E-state index in [0.29, 0.717) is 6.04 Å². The average molecular weight is 158 g/mol. The Labute approximate surface area is 68.7 Å². The molecule has 3 nitrogen and oxygen atoms in total. The van der Waals surface area contributed by atoms with E-state index < -0.39 is 0 Å². The first-order chi connectivity index (χ1) is 5.33. The minimum absolute atomic E-state index is 0.633. The van der Waals surface area contributed by atoms with E-state index in [1.165, 1.54) is 25.8 Å². The monoisotopic (exact) mass is 158 g/mol. The summed E-state index contributed by atoms with van der Waals surface area (Å²) in [6.07, 6.45) is 3.97. The van der Waals surface area contributed by atoms with Crippen LogP contribution in [0.1, 0.15) is 19.3 Å². The highest BCUT2D eigenvalue weighted by Crippen LogP contribution is 2.07. The van der Waals surface area contributed by atoms with Crippen molar-refractivity contribution in [2.45, 2.75) is 25.3 Å². The van der Waals surface area contributed by atoms with Crippen molar-refractivity contribution in [3.63, 3.8) is 0 Å². The molecule has 11 heavy (non-hydrogen) atoms. The molecule has 0 aromatic heterocycles. The maximum absolute atomic E-state index is 5.05. The molecule has 0 unspecified atom stereocenters. The molecule has 0 aromatic rings. The van der Waals surface area contributed by atoms with Gasteiger partial charge in [-0.25, -0.2) is 0 Å². The van der Waals surface area contributed by atoms with Crippen molar-refractivity contribution in [1.82, 2.24) is 10.4 Å². The van der Waals surface area contributed by atoms with E-state index in [1.807, 2.05) is 12.1 Å². The summed E-state index contributed by atoms with van der Waals surface area (Å²) >= 11 is 0. The largest absolute Gasteiger partial charge is 0.313 e. The van der Waals surface area contributed by atoms with Crippen molar-refractivity contribution < 1.29 is 4.84 Å². The molecule has 66 valence electrons. The summed E-state index contributed by atoms with van der Waals surface area (Å²) in [6, 6.07) is 0.633. The van der Waals surface area contributed by atoms with Crippen molar-refractivity contribution in [3.05, 3.63) is 0 Å². The maximum Gasteiger partial charge on any atom is 0.0575 e. The molecule has 0 saturated carbocycles. The van der Waals surface area contributed by atoms with E-state index >= 15 is 0 Å². The summed E-state index contributed by atoms with van der Waals surface area (Å²) in [7, 11) is 3.68. The van der Waals surface area contributed by atoms with E-state index in [9.17, 15) is 0 Å². The molecule has 1 atom stereocenters. The number of likely N-dealkylation sites (N-methyl/N-ethyl adjacent to an activating group) is 1. The highest BCUT2D eigenvalue weighted by atomic mass is 16.7. The van der Waals surface area contributed by atoms with E-state index in [4.69, 9.17) is 4.84 Å². The van der Waals surface area contributed by atoms with Crippen molar-refractivity contribution in [1.29, 1.82) is 0 Å². The van der Waals surface area contributed by atoms with Gasteiger partial charge in [0, 0.05) is 19.6 Å². The SMILES string of the molecule is CON(C)C[C@H]1CCCCN1. The second kappa shape index (κ2) is 4.70. The van der Waals surface area contributed by atoms with E-state index in [1.54, 1.807) is 7.11 Å². The van der Waals surface area contributed by atoms with Gasteiger partial charge < -0.3 is 10.2 Å². The second-order valence-electron chi connectivity index (χ2n) is 3.14. The highest BCUT2D eigenvalue weighted by molar-refractivity contribution is 4.72. The Hall–Kier alpha value is -0.120. The zero-order chi connectivity index (χ0) is 8.10. The van der Waals surface area contributed by atoms with Gasteiger partial charge in [-0.3, -0.25) is 0 Å². The van der Waals surface area contributed by atoms with Gasteiger partial charge in [0.15, 0.2) is 0 Å². The molecular formula is C8H18N2O. The number of rotatable bonds is 3. The minimum Gasteiger partial charge on any atom is -0.313 e. The fourth-order valence-electron chi connectivity index (χ4n) is 1.46. The lowest BCUT2D eigenvalue weighted by Gasteiger charge is -2.26. The van der Waals surface area contributed by atoms with Crippen LogP contribution in [-0.2, 0) is 4.84 Å². The number of nitrogens with one attached hydrogen (secondary N) is 1. The first-order valence-electron chi connectivity index (χ1n) is 4.31. The molecule has 0 amide bonds. The van der Waals surface area contributed by atoms with Crippen LogP contribution in [0.15, 0.2) is 0 Å². The second-order valence-corrected chi connectivity index (χ2v) is 3.14. The third-order valence-electron chi connectivity index (χ3n) is 2.20. The molecule has 1 aliphatic heterocycles. The van der Waals surface area contributed by atoms with Crippen LogP contribution in [0.3, 0.4) is 0 Å². The topological polar surface area (TPSA) is 24.5 Å². The molecule has 1 fully saturated rings. The van der Waals surface area contributed by atoms with Gasteiger partial charge in [-0.2, -0.15) is 5.06 Å². The fourth-order valence-corrected chi connectivity index (χ4v) is 1.46. The predicted molar refractivity (Wildman–Crippen MR) is 45.3 cm³/mol. The Bertz CT molecular complexity index is 102. The van der Waals surface area contributed by atoms with Crippen molar-refractivity contribution in [3.8, 4) is 0 Å². The van der Waals surface area contributed by atoms with Gasteiger partial charge in [0.25, 0.3) is 0 Å². The molecule has 1 rings (SSSR count). The smallest absolute Gasteiger partial charge is 0.0575 e. The Morgan fingerprint density at radius 1 is 1.55 bits per heavy atom. The summed E-state index contributed by atoms with van der Waals surface area (Å²) < 4.78 is 0. The van der Waals surface area contributed by atoms with Gasteiger partial charge in [0.05, 0.1) is 7.11 Å². The Morgan fingerprint density at radius 2 is 2.36 bits per heavy atom. The summed E-state index contributed by atoms with van der Waals surface area (Å²) in [5, 5.41) is 5.34. The minimum atomic E-state index is 0.633. The lowest BCUT2D eigenvalue weighted by atomic mass is 10.1. The quantitative estimate of drug-likeness (QED) is 0.609. The van der Waals surface area contributed by atoms with E-state index in [0.717, 1.165) is 6.54 Å². The van der Waals surface area contributed by atoms with Crippen molar-refractivity contribution >= 4 is 0 Å². The van der Waals surface area contributed by atoms with Gasteiger partial charge in [0.1, 0.15) is 0 Å². The molecule has 1 N–H and O–H groups in total. The van der Waals surface area contributed by atoms with Crippen LogP contribution in [0.25, 0.3) is 0 Å². The molecule has 0 spiro atoms. The van der Waals surface area contributed by atoms with Gasteiger partial charge in [0.2, 0.25) is 0 Å². The lowest BCUT2D eigenvalue weighted by Crippen LogP contribution is -2.42. The van der Waals surface area contributed by atoms with Crippen LogP contribution in [0.4, 0.5) is 0 Å². The Morgan fingerprint density at radius 3 is 2.91 bits per heavy atom. The maximum atomic E-state index is 5.05. The first kappa shape index (κ1) is 8.97. The number of nitrogens with zero attached hydrogens (tertiary/aromatic N) is 1. The molecule has 1 heterocycles. The summed E-state index contributed by atoms with van der Waals surface area (Å²) in [6.45, 7) is 2.17. The lowest BCUT2D eigenvalue weighted by molar-refractivity contribution is -0.114. The van der Waals surface area contributed by atoms with E-state index in [-0.39, 0.29) is 0 Å². The van der Waals surface area contributed by atoms with Crippen LogP contribution in [-0.4, -0.2) is 38.4 Å². The fraction of sp³-hybridized carbons (Fsp3) is 1.00. The molecule has 0 bridgehead atoms. The molecule has 1 aliphatic rings. The zero-order valence-electron chi connectivity index (χ0n) is 7.47. The summed E-state index contributed by atoms with van der Waals surface area (Å²) in [4.78, 5) is 5.05. The average Bonchev–Trinajstić information content (AvgIpc) is 2.06. The Balaban J connectivity index is 2.13. The Kier molecular flexibility index (Phi) is 3.83. The molecular weight excluding hydrogens is 140 g/mol. The van der Waals surface area contributed by atoms with Crippen molar-refractivity contribution in [2.24, 2.45) is 0 Å². The number of hydrogen-bond acceptors (Lipinski definition) is 3. The third kappa shape index (κ3) is 3.18. The van der Waals surface area contributed by atoms with Crippen LogP contribution >= 0.6 is 0 Å². The summed E-state index contributed by atoms with van der Waals surface area (Å²) in [5.41, 5.74) is 0. The predicted octanol–water partition coefficient (Wildman–Crippen LogP) is 0.622. The van der Waals surface area contributed by atoms with Gasteiger partial charge in [-0.05, 0) is 19.4 Å². The standard InChI is InChI=1S/C8H18N2O/c1-10(11-2)7-8-5-3-4-6-9-8/h8-9H,3-7H2,1-2H3/t8-/m1/s1. The molecule has 0 radical (unpaired) electrons. The van der Waals surface area contributed by atoms with Crippen LogP contribution < -0.4 is 5.32 Å². The number of hydroxylamine groups is 2. The highest BCUT2D eigenvalue weighted by Gasteiger charge is 2.13. The summed E-state index contributed by atoms with van der Waals surface area (Å²) in [5.74, 6) is 0. The van der Waals surface area contributed by atoms with Crippen LogP contribution in [0.5, 0.6) is 0 Å².